The molecule has 0 saturated heterocycles. The number of nitrogens with two attached hydrogens (primary N) is 1. The molecule has 7 nitrogen and oxygen atoms in total. The summed E-state index contributed by atoms with van der Waals surface area (Å²) in [5.41, 5.74) is 11.8. The number of ether oxygens (including phenoxy) is 1. The number of nitrogens with zero attached hydrogens (tertiary/aromatic N) is 3. The lowest BCUT2D eigenvalue weighted by molar-refractivity contribution is 0.199. The number of thiocarbonyl (C=S) groups is 1. The van der Waals surface area contributed by atoms with Crippen LogP contribution in [0.5, 0.6) is 0 Å². The first-order valence-corrected chi connectivity index (χ1v) is 11.8. The molecule has 8 heteroatoms. The summed E-state index contributed by atoms with van der Waals surface area (Å²) in [7, 11) is 1.73. The number of methoxy groups -OCH3 is 1. The lowest BCUT2D eigenvalue weighted by Gasteiger charge is -2.18. The fourth-order valence-corrected chi connectivity index (χ4v) is 4.59. The summed E-state index contributed by atoms with van der Waals surface area (Å²) in [5, 5.41) is 7.17. The molecule has 0 fully saturated rings. The summed E-state index contributed by atoms with van der Waals surface area (Å²) >= 11 is 5.41. The average molecular weight is 453 g/mol. The van der Waals surface area contributed by atoms with Gasteiger partial charge in [0.2, 0.25) is 0 Å². The number of aryl methyl sites for hydroxylation is 3. The zero-order chi connectivity index (χ0) is 22.3. The molecule has 0 atom stereocenters. The molecule has 1 aromatic carbocycles. The molecule has 4 rings (SSSR count). The zero-order valence-corrected chi connectivity index (χ0v) is 19.5. The van der Waals surface area contributed by atoms with Crippen LogP contribution in [0, 0.1) is 0 Å². The first-order chi connectivity index (χ1) is 15.7. The molecule has 2 aromatic heterocycles. The van der Waals surface area contributed by atoms with E-state index in [0.717, 1.165) is 67.9 Å². The van der Waals surface area contributed by atoms with E-state index in [-0.39, 0.29) is 0 Å². The van der Waals surface area contributed by atoms with Gasteiger partial charge in [-0.1, -0.05) is 18.2 Å². The number of anilines is 2. The van der Waals surface area contributed by atoms with Gasteiger partial charge >= 0.3 is 0 Å². The van der Waals surface area contributed by atoms with Crippen molar-refractivity contribution in [3.63, 3.8) is 0 Å². The Morgan fingerprint density at radius 3 is 2.78 bits per heavy atom. The fourth-order valence-electron chi connectivity index (χ4n) is 4.37. The number of rotatable bonds is 9. The Balaban J connectivity index is 1.42. The number of hydrogen-bond donors (Lipinski definition) is 3. The van der Waals surface area contributed by atoms with Crippen molar-refractivity contribution in [3.05, 3.63) is 47.4 Å². The third-order valence-corrected chi connectivity index (χ3v) is 6.17. The predicted molar refractivity (Wildman–Crippen MR) is 134 cm³/mol. The van der Waals surface area contributed by atoms with Gasteiger partial charge in [-0.3, -0.25) is 0 Å². The highest BCUT2D eigenvalue weighted by Gasteiger charge is 2.22. The van der Waals surface area contributed by atoms with Crippen LogP contribution in [0.25, 0.3) is 11.0 Å². The molecule has 2 heterocycles. The van der Waals surface area contributed by atoms with Gasteiger partial charge in [0.1, 0.15) is 11.3 Å². The number of nitrogen functional groups attached to an aromatic ring is 1. The highest BCUT2D eigenvalue weighted by Crippen LogP contribution is 2.31. The number of imidazole rings is 1. The average Bonchev–Trinajstić information content (AvgIpc) is 3.17. The van der Waals surface area contributed by atoms with Crippen LogP contribution >= 0.6 is 12.2 Å². The summed E-state index contributed by atoms with van der Waals surface area (Å²) in [6.45, 7) is 2.35. The molecule has 170 valence electrons. The number of hydrogen-bond acceptors (Lipinski definition) is 5. The van der Waals surface area contributed by atoms with E-state index in [0.29, 0.717) is 17.5 Å². The molecular weight excluding hydrogens is 420 g/mol. The normalized spacial score (nSPS) is 13.2. The second-order valence-corrected chi connectivity index (χ2v) is 8.61. The van der Waals surface area contributed by atoms with Crippen molar-refractivity contribution in [2.24, 2.45) is 0 Å². The molecule has 1 aliphatic carbocycles. The van der Waals surface area contributed by atoms with Crippen LogP contribution in [0.2, 0.25) is 0 Å². The van der Waals surface area contributed by atoms with Crippen LogP contribution in [0.1, 0.15) is 42.8 Å². The zero-order valence-electron chi connectivity index (χ0n) is 18.7. The van der Waals surface area contributed by atoms with Crippen LogP contribution < -0.4 is 16.4 Å². The molecule has 0 bridgehead atoms. The number of nitrogens with one attached hydrogen (secondary N) is 2. The van der Waals surface area contributed by atoms with Gasteiger partial charge < -0.3 is 25.7 Å². The highest BCUT2D eigenvalue weighted by molar-refractivity contribution is 7.80. The van der Waals surface area contributed by atoms with Gasteiger partial charge in [-0.15, -0.1) is 0 Å². The summed E-state index contributed by atoms with van der Waals surface area (Å²) in [5.74, 6) is 1.58. The van der Waals surface area contributed by atoms with E-state index in [1.807, 2.05) is 30.3 Å². The van der Waals surface area contributed by atoms with E-state index >= 15 is 0 Å². The number of para-hydroxylation sites is 1. The largest absolute Gasteiger partial charge is 0.384 e. The number of aromatic nitrogens is 3. The van der Waals surface area contributed by atoms with Crippen molar-refractivity contribution in [1.29, 1.82) is 0 Å². The van der Waals surface area contributed by atoms with E-state index in [1.54, 1.807) is 7.11 Å². The van der Waals surface area contributed by atoms with Crippen molar-refractivity contribution in [3.8, 4) is 0 Å². The second-order valence-electron chi connectivity index (χ2n) is 8.20. The minimum absolute atomic E-state index is 0.553. The summed E-state index contributed by atoms with van der Waals surface area (Å²) in [4.78, 5) is 9.56. The molecule has 3 aromatic rings. The van der Waals surface area contributed by atoms with Gasteiger partial charge in [-0.2, -0.15) is 0 Å². The van der Waals surface area contributed by atoms with Gasteiger partial charge in [0.15, 0.2) is 10.9 Å². The smallest absolute Gasteiger partial charge is 0.170 e. The molecule has 0 unspecified atom stereocenters. The van der Waals surface area contributed by atoms with Crippen molar-refractivity contribution >= 4 is 39.9 Å². The predicted octanol–water partition coefficient (Wildman–Crippen LogP) is 3.85. The van der Waals surface area contributed by atoms with Crippen LogP contribution in [0.15, 0.2) is 30.3 Å². The highest BCUT2D eigenvalue weighted by atomic mass is 32.1. The number of pyridine rings is 1. The van der Waals surface area contributed by atoms with Crippen molar-refractivity contribution in [2.75, 3.05) is 31.3 Å². The van der Waals surface area contributed by atoms with Crippen molar-refractivity contribution < 1.29 is 4.74 Å². The first kappa shape index (κ1) is 22.5. The maximum Gasteiger partial charge on any atom is 0.170 e. The van der Waals surface area contributed by atoms with Crippen LogP contribution in [-0.2, 0) is 30.5 Å². The first-order valence-electron chi connectivity index (χ1n) is 11.4. The van der Waals surface area contributed by atoms with Crippen LogP contribution in [0.4, 0.5) is 11.5 Å². The molecule has 0 aliphatic heterocycles. The summed E-state index contributed by atoms with van der Waals surface area (Å²) in [6.07, 6.45) is 7.22. The van der Waals surface area contributed by atoms with E-state index in [4.69, 9.17) is 27.7 Å². The van der Waals surface area contributed by atoms with E-state index in [9.17, 15) is 0 Å². The molecule has 0 spiro atoms. The van der Waals surface area contributed by atoms with Crippen molar-refractivity contribution in [1.82, 2.24) is 19.9 Å². The topological polar surface area (TPSA) is 90.0 Å². The number of benzene rings is 1. The van der Waals surface area contributed by atoms with Gasteiger partial charge in [0, 0.05) is 38.0 Å². The van der Waals surface area contributed by atoms with E-state index < -0.39 is 0 Å². The maximum absolute atomic E-state index is 6.31. The molecule has 32 heavy (non-hydrogen) atoms. The number of unbranched alkanes of at least 4 members (excludes halogenated alkanes) is 1. The van der Waals surface area contributed by atoms with Crippen LogP contribution in [-0.4, -0.2) is 39.9 Å². The van der Waals surface area contributed by atoms with Gasteiger partial charge in [0.05, 0.1) is 12.1 Å². The Labute approximate surface area is 194 Å². The minimum Gasteiger partial charge on any atom is -0.384 e. The van der Waals surface area contributed by atoms with E-state index in [2.05, 4.69) is 20.2 Å². The standard InChI is InChI=1S/C24H32N6OS/c1-31-16-13-20-29-21-22(18-11-5-6-12-19(18)28-23(21)25)30(20)15-8-7-14-26-24(32)27-17-9-3-2-4-10-17/h2-4,9-10H,5-8,11-16H2,1H3,(H2,25,28)(H2,26,27,32). The Bertz CT molecular complexity index is 1070. The van der Waals surface area contributed by atoms with Crippen molar-refractivity contribution in [2.45, 2.75) is 51.5 Å². The summed E-state index contributed by atoms with van der Waals surface area (Å²) < 4.78 is 7.68. The Morgan fingerprint density at radius 1 is 1.16 bits per heavy atom. The maximum atomic E-state index is 6.31. The lowest BCUT2D eigenvalue weighted by Crippen LogP contribution is -2.29. The van der Waals surface area contributed by atoms with Gasteiger partial charge in [-0.25, -0.2) is 9.97 Å². The number of fused-ring (bicyclic) bond motifs is 3. The molecule has 1 aliphatic rings. The quantitative estimate of drug-likeness (QED) is 0.336. The third-order valence-electron chi connectivity index (χ3n) is 5.92. The lowest BCUT2D eigenvalue weighted by atomic mass is 9.95. The molecule has 4 N–H and O–H groups in total. The Kier molecular flexibility index (Phi) is 7.55. The van der Waals surface area contributed by atoms with E-state index in [1.165, 1.54) is 23.9 Å². The van der Waals surface area contributed by atoms with Crippen LogP contribution in [0.3, 0.4) is 0 Å². The van der Waals surface area contributed by atoms with Gasteiger partial charge in [-0.05, 0) is 68.4 Å². The second kappa shape index (κ2) is 10.7. The van der Waals surface area contributed by atoms with Gasteiger partial charge in [0.25, 0.3) is 0 Å². The third kappa shape index (κ3) is 5.19. The fraction of sp³-hybridized carbons (Fsp3) is 0.458. The summed E-state index contributed by atoms with van der Waals surface area (Å²) in [6, 6.07) is 9.97. The minimum atomic E-state index is 0.553. The molecule has 0 amide bonds. The SMILES string of the molecule is COCCc1nc2c(N)nc3c(c2n1CCCCNC(=S)Nc1ccccc1)CCCC3. The monoisotopic (exact) mass is 452 g/mol. The Hall–Kier alpha value is -2.71. The Morgan fingerprint density at radius 2 is 1.97 bits per heavy atom. The molecule has 0 radical (unpaired) electrons. The molecular formula is C24H32N6OS. The molecule has 0 saturated carbocycles.